The number of hydrogen-bond acceptors (Lipinski definition) is 5. The Morgan fingerprint density at radius 2 is 1.41 bits per heavy atom. The monoisotopic (exact) mass is 384 g/mol. The van der Waals surface area contributed by atoms with Gasteiger partial charge in [0.05, 0.1) is 5.39 Å². The van der Waals surface area contributed by atoms with Crippen molar-refractivity contribution in [3.63, 3.8) is 0 Å². The molecule has 0 aliphatic heterocycles. The summed E-state index contributed by atoms with van der Waals surface area (Å²) in [4.78, 5) is 38.1. The highest BCUT2D eigenvalue weighted by molar-refractivity contribution is 6.02. The molecule has 0 saturated carbocycles. The van der Waals surface area contributed by atoms with Gasteiger partial charge in [-0.2, -0.15) is 0 Å². The van der Waals surface area contributed by atoms with E-state index < -0.39 is 12.1 Å². The molecule has 0 radical (unpaired) electrons. The van der Waals surface area contributed by atoms with Crippen molar-refractivity contribution in [1.29, 1.82) is 0 Å². The number of Topliss-reactive ketones (excluding diaryl/α,β-unsaturated/α-hetero) is 1. The number of ether oxygens (including phenoxy) is 1. The Balaban J connectivity index is 1.70. The number of rotatable bonds is 5. The Hall–Kier alpha value is -3.99. The van der Waals surface area contributed by atoms with Crippen molar-refractivity contribution >= 4 is 22.7 Å². The van der Waals surface area contributed by atoms with Crippen molar-refractivity contribution in [2.75, 3.05) is 0 Å². The van der Waals surface area contributed by atoms with Crippen LogP contribution in [0.15, 0.2) is 100 Å². The Kier molecular flexibility index (Phi) is 5.03. The third-order valence-corrected chi connectivity index (χ3v) is 4.46. The maximum absolute atomic E-state index is 13.0. The van der Waals surface area contributed by atoms with E-state index in [1.807, 2.05) is 0 Å². The number of ketones is 1. The van der Waals surface area contributed by atoms with E-state index in [2.05, 4.69) is 0 Å². The van der Waals surface area contributed by atoms with Crippen LogP contribution in [0.4, 0.5) is 0 Å². The van der Waals surface area contributed by atoms with Crippen LogP contribution in [0, 0.1) is 0 Å². The van der Waals surface area contributed by atoms with E-state index in [1.165, 1.54) is 0 Å². The van der Waals surface area contributed by atoms with Crippen LogP contribution in [-0.2, 0) is 4.74 Å². The highest BCUT2D eigenvalue weighted by Crippen LogP contribution is 2.24. The second-order valence-electron chi connectivity index (χ2n) is 6.40. The average molecular weight is 384 g/mol. The maximum atomic E-state index is 13.0. The molecule has 3 aromatic carbocycles. The zero-order chi connectivity index (χ0) is 20.2. The van der Waals surface area contributed by atoms with Crippen molar-refractivity contribution in [2.45, 2.75) is 6.10 Å². The van der Waals surface area contributed by atoms with E-state index in [9.17, 15) is 14.4 Å². The Labute approximate surface area is 166 Å². The van der Waals surface area contributed by atoms with Crippen molar-refractivity contribution in [3.8, 4) is 0 Å². The number of benzene rings is 3. The van der Waals surface area contributed by atoms with Gasteiger partial charge >= 0.3 is 5.97 Å². The van der Waals surface area contributed by atoms with Gasteiger partial charge < -0.3 is 9.15 Å². The topological polar surface area (TPSA) is 73.6 Å². The Morgan fingerprint density at radius 1 is 0.793 bits per heavy atom. The molecular weight excluding hydrogens is 368 g/mol. The van der Waals surface area contributed by atoms with Crippen molar-refractivity contribution in [3.05, 3.63) is 118 Å². The molecule has 0 aliphatic carbocycles. The molecule has 0 bridgehead atoms. The van der Waals surface area contributed by atoms with E-state index in [0.29, 0.717) is 16.5 Å². The predicted molar refractivity (Wildman–Crippen MR) is 108 cm³/mol. The van der Waals surface area contributed by atoms with Crippen molar-refractivity contribution in [1.82, 2.24) is 0 Å². The van der Waals surface area contributed by atoms with Gasteiger partial charge in [-0.15, -0.1) is 0 Å². The first-order valence-corrected chi connectivity index (χ1v) is 9.01. The summed E-state index contributed by atoms with van der Waals surface area (Å²) < 4.78 is 11.1. The van der Waals surface area contributed by atoms with E-state index in [1.54, 1.807) is 84.9 Å². The van der Waals surface area contributed by atoms with Crippen LogP contribution in [0.2, 0.25) is 0 Å². The summed E-state index contributed by atoms with van der Waals surface area (Å²) in [6.07, 6.45) is -1.16. The number of para-hydroxylation sites is 1. The van der Waals surface area contributed by atoms with Crippen LogP contribution >= 0.6 is 0 Å². The molecule has 4 aromatic rings. The van der Waals surface area contributed by atoms with Gasteiger partial charge in [0.25, 0.3) is 0 Å². The summed E-state index contributed by atoms with van der Waals surface area (Å²) in [6.45, 7) is 0. The summed E-state index contributed by atoms with van der Waals surface area (Å²) in [6, 6.07) is 25.0. The molecule has 0 amide bonds. The van der Waals surface area contributed by atoms with Gasteiger partial charge in [0.1, 0.15) is 5.58 Å². The van der Waals surface area contributed by atoms with E-state index in [4.69, 9.17) is 9.15 Å². The molecule has 0 fully saturated rings. The molecule has 0 spiro atoms. The van der Waals surface area contributed by atoms with Crippen molar-refractivity contribution in [2.24, 2.45) is 0 Å². The molecule has 1 atom stereocenters. The summed E-state index contributed by atoms with van der Waals surface area (Å²) in [5.41, 5.74) is 0.856. The van der Waals surface area contributed by atoms with Crippen LogP contribution in [0.25, 0.3) is 11.0 Å². The molecule has 0 saturated heterocycles. The summed E-state index contributed by atoms with van der Waals surface area (Å²) in [7, 11) is 0. The summed E-state index contributed by atoms with van der Waals surface area (Å²) in [5, 5.41) is 0.365. The number of hydrogen-bond donors (Lipinski definition) is 0. The summed E-state index contributed by atoms with van der Waals surface area (Å²) >= 11 is 0. The lowest BCUT2D eigenvalue weighted by Gasteiger charge is -2.17. The Morgan fingerprint density at radius 3 is 2.14 bits per heavy atom. The molecule has 0 unspecified atom stereocenters. The first kappa shape index (κ1) is 18.4. The number of carbonyl (C=O) groups excluding carboxylic acids is 2. The molecule has 1 heterocycles. The highest BCUT2D eigenvalue weighted by Gasteiger charge is 2.28. The first-order valence-electron chi connectivity index (χ1n) is 9.01. The van der Waals surface area contributed by atoms with Gasteiger partial charge in [-0.3, -0.25) is 9.59 Å². The minimum absolute atomic E-state index is 0.254. The van der Waals surface area contributed by atoms with Gasteiger partial charge in [0.2, 0.25) is 11.5 Å². The van der Waals surface area contributed by atoms with E-state index >= 15 is 0 Å². The SMILES string of the molecule is O=C(O[C@H](C(=O)c1ccccc1)c1ccccc1)c1cc(=O)c2ccccc2o1. The predicted octanol–water partition coefficient (Wildman–Crippen LogP) is 4.57. The van der Waals surface area contributed by atoms with Crippen LogP contribution in [0.5, 0.6) is 0 Å². The summed E-state index contributed by atoms with van der Waals surface area (Å²) in [5.74, 6) is -1.50. The molecule has 29 heavy (non-hydrogen) atoms. The van der Waals surface area contributed by atoms with Gasteiger partial charge in [0, 0.05) is 17.2 Å². The molecule has 1 aromatic heterocycles. The van der Waals surface area contributed by atoms with E-state index in [-0.39, 0.29) is 22.6 Å². The van der Waals surface area contributed by atoms with Gasteiger partial charge in [-0.25, -0.2) is 4.79 Å². The first-order chi connectivity index (χ1) is 14.1. The fourth-order valence-electron chi connectivity index (χ4n) is 3.02. The van der Waals surface area contributed by atoms with Crippen molar-refractivity contribution < 1.29 is 18.7 Å². The third kappa shape index (κ3) is 3.84. The van der Waals surface area contributed by atoms with Crippen LogP contribution < -0.4 is 5.43 Å². The number of carbonyl (C=O) groups is 2. The minimum Gasteiger partial charge on any atom is -0.449 e. The largest absolute Gasteiger partial charge is 0.449 e. The average Bonchev–Trinajstić information content (AvgIpc) is 2.78. The van der Waals surface area contributed by atoms with Gasteiger partial charge in [-0.1, -0.05) is 72.8 Å². The zero-order valence-electron chi connectivity index (χ0n) is 15.3. The number of esters is 1. The molecule has 5 nitrogen and oxygen atoms in total. The highest BCUT2D eigenvalue weighted by atomic mass is 16.6. The van der Waals surface area contributed by atoms with Crippen LogP contribution in [0.3, 0.4) is 0 Å². The number of fused-ring (bicyclic) bond motifs is 1. The Bertz CT molecular complexity index is 1230. The standard InChI is InChI=1S/C24H16O5/c25-19-15-21(28-20-14-8-7-13-18(19)20)24(27)29-23(17-11-5-2-6-12-17)22(26)16-9-3-1-4-10-16/h1-15,23H/t23-/m0/s1. The lowest BCUT2D eigenvalue weighted by molar-refractivity contribution is 0.0251. The molecule has 5 heteroatoms. The molecule has 4 rings (SSSR count). The van der Waals surface area contributed by atoms with Gasteiger partial charge in [0.15, 0.2) is 11.5 Å². The smallest absolute Gasteiger partial charge is 0.375 e. The van der Waals surface area contributed by atoms with E-state index in [0.717, 1.165) is 6.07 Å². The second-order valence-corrected chi connectivity index (χ2v) is 6.40. The quantitative estimate of drug-likeness (QED) is 0.372. The third-order valence-electron chi connectivity index (χ3n) is 4.46. The van der Waals surface area contributed by atoms with Crippen LogP contribution in [0.1, 0.15) is 32.6 Å². The lowest BCUT2D eigenvalue weighted by Crippen LogP contribution is -2.21. The minimum atomic E-state index is -1.16. The molecule has 0 aliphatic rings. The normalized spacial score (nSPS) is 11.7. The van der Waals surface area contributed by atoms with Gasteiger partial charge in [-0.05, 0) is 12.1 Å². The molecular formula is C24H16O5. The molecule has 142 valence electrons. The lowest BCUT2D eigenvalue weighted by atomic mass is 10.00. The molecule has 0 N–H and O–H groups in total. The fraction of sp³-hybridized carbons (Fsp3) is 0.0417. The second kappa shape index (κ2) is 7.94. The maximum Gasteiger partial charge on any atom is 0.375 e. The fourth-order valence-corrected chi connectivity index (χ4v) is 3.02. The zero-order valence-corrected chi connectivity index (χ0v) is 15.3. The van der Waals surface area contributed by atoms with Crippen LogP contribution in [-0.4, -0.2) is 11.8 Å².